The Morgan fingerprint density at radius 1 is 1.03 bits per heavy atom. The lowest BCUT2D eigenvalue weighted by molar-refractivity contribution is -0.385. The Hall–Kier alpha value is -3.87. The Kier molecular flexibility index (Phi) is 6.09. The van der Waals surface area contributed by atoms with Gasteiger partial charge in [-0.3, -0.25) is 14.9 Å². The first kappa shape index (κ1) is 19.9. The third-order valence-electron chi connectivity index (χ3n) is 4.31. The van der Waals surface area contributed by atoms with Gasteiger partial charge in [0.2, 0.25) is 0 Å². The van der Waals surface area contributed by atoms with Gasteiger partial charge in [-0.1, -0.05) is 35.9 Å². The molecule has 3 aromatic carbocycles. The van der Waals surface area contributed by atoms with E-state index in [1.54, 1.807) is 6.07 Å². The molecular formula is C22H20N2O5. The highest BCUT2D eigenvalue weighted by molar-refractivity contribution is 5.98. The van der Waals surface area contributed by atoms with E-state index in [0.717, 1.165) is 11.1 Å². The van der Waals surface area contributed by atoms with Gasteiger partial charge in [0.25, 0.3) is 11.6 Å². The number of amides is 1. The molecule has 148 valence electrons. The molecule has 0 aliphatic carbocycles. The summed E-state index contributed by atoms with van der Waals surface area (Å²) in [5.74, 6) is 1.07. The van der Waals surface area contributed by atoms with Gasteiger partial charge in [0.15, 0.2) is 0 Å². The highest BCUT2D eigenvalue weighted by atomic mass is 16.6. The highest BCUT2D eigenvalue weighted by Gasteiger charge is 2.21. The number of ether oxygens (including phenoxy) is 2. The highest BCUT2D eigenvalue weighted by Crippen LogP contribution is 2.27. The van der Waals surface area contributed by atoms with Gasteiger partial charge in [-0.05, 0) is 37.3 Å². The van der Waals surface area contributed by atoms with Gasteiger partial charge >= 0.3 is 0 Å². The van der Waals surface area contributed by atoms with Crippen molar-refractivity contribution in [2.24, 2.45) is 0 Å². The summed E-state index contributed by atoms with van der Waals surface area (Å²) in [4.78, 5) is 23.3. The maximum absolute atomic E-state index is 12.6. The maximum Gasteiger partial charge on any atom is 0.282 e. The van der Waals surface area contributed by atoms with Gasteiger partial charge in [-0.25, -0.2) is 0 Å². The Labute approximate surface area is 168 Å². The Bertz CT molecular complexity index is 1030. The van der Waals surface area contributed by atoms with E-state index in [-0.39, 0.29) is 17.8 Å². The van der Waals surface area contributed by atoms with Crippen molar-refractivity contribution in [1.29, 1.82) is 0 Å². The Morgan fingerprint density at radius 2 is 1.72 bits per heavy atom. The lowest BCUT2D eigenvalue weighted by Crippen LogP contribution is -2.24. The van der Waals surface area contributed by atoms with Crippen LogP contribution in [0.25, 0.3) is 0 Å². The molecule has 0 bridgehead atoms. The zero-order chi connectivity index (χ0) is 20.8. The second-order valence-electron chi connectivity index (χ2n) is 6.35. The smallest absolute Gasteiger partial charge is 0.282 e. The summed E-state index contributed by atoms with van der Waals surface area (Å²) in [5, 5.41) is 14.0. The quantitative estimate of drug-likeness (QED) is 0.467. The number of methoxy groups -OCH3 is 1. The van der Waals surface area contributed by atoms with Crippen molar-refractivity contribution in [2.45, 2.75) is 13.5 Å². The number of rotatable bonds is 7. The molecule has 0 heterocycles. The van der Waals surface area contributed by atoms with Crippen LogP contribution in [0.1, 0.15) is 21.5 Å². The first-order chi connectivity index (χ1) is 14.0. The number of nitro groups is 1. The molecular weight excluding hydrogens is 372 g/mol. The first-order valence-corrected chi connectivity index (χ1v) is 8.91. The fourth-order valence-electron chi connectivity index (χ4n) is 2.74. The minimum Gasteiger partial charge on any atom is -0.497 e. The van der Waals surface area contributed by atoms with E-state index in [4.69, 9.17) is 9.47 Å². The lowest BCUT2D eigenvalue weighted by atomic mass is 10.1. The molecule has 0 saturated heterocycles. The molecule has 7 heteroatoms. The van der Waals surface area contributed by atoms with Gasteiger partial charge in [-0.2, -0.15) is 0 Å². The van der Waals surface area contributed by atoms with E-state index in [0.29, 0.717) is 17.2 Å². The summed E-state index contributed by atoms with van der Waals surface area (Å²) in [7, 11) is 1.43. The largest absolute Gasteiger partial charge is 0.497 e. The number of para-hydroxylation sites is 1. The molecule has 0 saturated carbocycles. The molecule has 0 fully saturated rings. The number of nitrogens with zero attached hydrogens (tertiary/aromatic N) is 1. The fraction of sp³-hybridized carbons (Fsp3) is 0.136. The molecule has 7 nitrogen and oxygen atoms in total. The normalized spacial score (nSPS) is 10.3. The number of hydrogen-bond donors (Lipinski definition) is 1. The van der Waals surface area contributed by atoms with Gasteiger partial charge in [0.1, 0.15) is 22.8 Å². The number of carbonyl (C=O) groups excluding carboxylic acids is 1. The summed E-state index contributed by atoms with van der Waals surface area (Å²) in [6.45, 7) is 2.14. The van der Waals surface area contributed by atoms with Crippen LogP contribution in [0.15, 0.2) is 66.7 Å². The van der Waals surface area contributed by atoms with Crippen LogP contribution in [0.3, 0.4) is 0 Å². The van der Waals surface area contributed by atoms with Crippen LogP contribution >= 0.6 is 0 Å². The van der Waals surface area contributed by atoms with Crippen molar-refractivity contribution < 1.29 is 19.2 Å². The number of benzene rings is 3. The molecule has 0 atom stereocenters. The number of nitrogens with one attached hydrogen (secondary N) is 1. The summed E-state index contributed by atoms with van der Waals surface area (Å²) in [6.07, 6.45) is 0. The third kappa shape index (κ3) is 4.90. The molecule has 29 heavy (non-hydrogen) atoms. The monoisotopic (exact) mass is 392 g/mol. The summed E-state index contributed by atoms with van der Waals surface area (Å²) >= 11 is 0. The van der Waals surface area contributed by atoms with E-state index in [1.807, 2.05) is 49.4 Å². The average molecular weight is 392 g/mol. The molecule has 3 rings (SSSR count). The second-order valence-corrected chi connectivity index (χ2v) is 6.35. The number of aryl methyl sites for hydroxylation is 1. The van der Waals surface area contributed by atoms with E-state index >= 15 is 0 Å². The molecule has 3 aromatic rings. The zero-order valence-electron chi connectivity index (χ0n) is 16.0. The van der Waals surface area contributed by atoms with Crippen LogP contribution < -0.4 is 14.8 Å². The van der Waals surface area contributed by atoms with E-state index in [2.05, 4.69) is 5.32 Å². The van der Waals surface area contributed by atoms with Crippen LogP contribution in [-0.2, 0) is 6.54 Å². The average Bonchev–Trinajstić information content (AvgIpc) is 2.74. The van der Waals surface area contributed by atoms with Crippen LogP contribution in [0.4, 0.5) is 5.69 Å². The molecule has 1 N–H and O–H groups in total. The van der Waals surface area contributed by atoms with Crippen LogP contribution in [0.2, 0.25) is 0 Å². The topological polar surface area (TPSA) is 90.7 Å². The molecule has 0 radical (unpaired) electrons. The molecule has 0 unspecified atom stereocenters. The van der Waals surface area contributed by atoms with Gasteiger partial charge in [-0.15, -0.1) is 0 Å². The van der Waals surface area contributed by atoms with Gasteiger partial charge in [0, 0.05) is 18.2 Å². The van der Waals surface area contributed by atoms with Crippen molar-refractivity contribution in [3.05, 3.63) is 93.5 Å². The van der Waals surface area contributed by atoms with Crippen molar-refractivity contribution in [2.75, 3.05) is 7.11 Å². The third-order valence-corrected chi connectivity index (χ3v) is 4.31. The fourth-order valence-corrected chi connectivity index (χ4v) is 2.74. The van der Waals surface area contributed by atoms with Crippen LogP contribution in [0.5, 0.6) is 17.2 Å². The molecule has 0 aliphatic heterocycles. The van der Waals surface area contributed by atoms with Crippen molar-refractivity contribution in [1.82, 2.24) is 5.32 Å². The predicted octanol–water partition coefficient (Wildman–Crippen LogP) is 4.63. The number of carbonyl (C=O) groups is 1. The first-order valence-electron chi connectivity index (χ1n) is 8.91. The molecule has 0 aromatic heterocycles. The van der Waals surface area contributed by atoms with Crippen LogP contribution in [-0.4, -0.2) is 17.9 Å². The van der Waals surface area contributed by atoms with Gasteiger partial charge in [0.05, 0.1) is 12.0 Å². The summed E-state index contributed by atoms with van der Waals surface area (Å²) in [6, 6.07) is 19.0. The predicted molar refractivity (Wildman–Crippen MR) is 109 cm³/mol. The van der Waals surface area contributed by atoms with Crippen molar-refractivity contribution in [3.63, 3.8) is 0 Å². The molecule has 0 spiro atoms. The molecule has 1 amide bonds. The second kappa shape index (κ2) is 8.88. The van der Waals surface area contributed by atoms with E-state index < -0.39 is 10.8 Å². The van der Waals surface area contributed by atoms with Crippen molar-refractivity contribution in [3.8, 4) is 17.2 Å². The Balaban J connectivity index is 1.77. The Morgan fingerprint density at radius 3 is 2.41 bits per heavy atom. The SMILES string of the molecule is COc1ccc([N+](=O)[O-])c(C(=O)NCc2ccccc2Oc2ccc(C)cc2)c1. The molecule has 0 aliphatic rings. The lowest BCUT2D eigenvalue weighted by Gasteiger charge is -2.12. The van der Waals surface area contributed by atoms with E-state index in [9.17, 15) is 14.9 Å². The minimum atomic E-state index is -0.594. The summed E-state index contributed by atoms with van der Waals surface area (Å²) < 4.78 is 11.0. The maximum atomic E-state index is 12.6. The zero-order valence-corrected chi connectivity index (χ0v) is 16.0. The van der Waals surface area contributed by atoms with Crippen molar-refractivity contribution >= 4 is 11.6 Å². The van der Waals surface area contributed by atoms with E-state index in [1.165, 1.54) is 25.3 Å². The standard InChI is InChI=1S/C22H20N2O5/c1-15-7-9-17(10-8-15)29-21-6-4-3-5-16(21)14-23-22(25)19-13-18(28-2)11-12-20(19)24(26)27/h3-13H,14H2,1-2H3,(H,23,25). The van der Waals surface area contributed by atoms with Crippen LogP contribution in [0, 0.1) is 17.0 Å². The summed E-state index contributed by atoms with van der Waals surface area (Å²) in [5.41, 5.74) is 1.52. The number of nitro benzene ring substituents is 1. The van der Waals surface area contributed by atoms with Gasteiger partial charge < -0.3 is 14.8 Å². The minimum absolute atomic E-state index is 0.0636. The number of hydrogen-bond acceptors (Lipinski definition) is 5.